The summed E-state index contributed by atoms with van der Waals surface area (Å²) in [6, 6.07) is 0. The highest BCUT2D eigenvalue weighted by molar-refractivity contribution is 5.81. The smallest absolute Gasteiger partial charge is 0.167 e. The number of nitrogens with two attached hydrogens (primary N) is 1. The number of fused-ring (bicyclic) bond motifs is 1. The van der Waals surface area contributed by atoms with Gasteiger partial charge in [0.1, 0.15) is 17.9 Å². The molecule has 0 spiro atoms. The van der Waals surface area contributed by atoms with E-state index in [0.717, 1.165) is 0 Å². The van der Waals surface area contributed by atoms with Crippen LogP contribution in [-0.4, -0.2) is 60.3 Å². The van der Waals surface area contributed by atoms with Crippen LogP contribution >= 0.6 is 0 Å². The van der Waals surface area contributed by atoms with E-state index in [2.05, 4.69) is 15.0 Å². The molecule has 122 valence electrons. The van der Waals surface area contributed by atoms with Crippen LogP contribution in [0.15, 0.2) is 12.7 Å². The van der Waals surface area contributed by atoms with Gasteiger partial charge < -0.3 is 25.8 Å². The van der Waals surface area contributed by atoms with Crippen LogP contribution in [0.1, 0.15) is 20.1 Å². The first-order chi connectivity index (χ1) is 10.3. The molecule has 2 rings (SSSR count). The van der Waals surface area contributed by atoms with Crippen LogP contribution in [0.4, 0.5) is 5.82 Å². The molecule has 2 aromatic rings. The fourth-order valence-electron chi connectivity index (χ4n) is 2.22. The number of nitrogens with zero attached hydrogens (tertiary/aromatic N) is 4. The predicted molar refractivity (Wildman–Crippen MR) is 78.7 cm³/mol. The zero-order valence-electron chi connectivity index (χ0n) is 12.7. The fourth-order valence-corrected chi connectivity index (χ4v) is 2.22. The minimum Gasteiger partial charge on any atom is -0.396 e. The lowest BCUT2D eigenvalue weighted by Gasteiger charge is -2.37. The number of rotatable bonds is 6. The Morgan fingerprint density at radius 1 is 1.41 bits per heavy atom. The minimum atomic E-state index is -1.58. The number of anilines is 1. The molecular formula is C13H21N5O4. The molecular weight excluding hydrogens is 290 g/mol. The second kappa shape index (κ2) is 6.13. The Morgan fingerprint density at radius 3 is 2.68 bits per heavy atom. The van der Waals surface area contributed by atoms with Crippen LogP contribution in [0.2, 0.25) is 0 Å². The van der Waals surface area contributed by atoms with Gasteiger partial charge in [0.25, 0.3) is 0 Å². The highest BCUT2D eigenvalue weighted by Gasteiger charge is 2.42. The van der Waals surface area contributed by atoms with Gasteiger partial charge in [-0.05, 0) is 6.92 Å². The zero-order chi connectivity index (χ0) is 16.5. The Morgan fingerprint density at radius 2 is 2.09 bits per heavy atom. The van der Waals surface area contributed by atoms with Crippen LogP contribution < -0.4 is 5.73 Å². The Hall–Kier alpha value is -1.81. The van der Waals surface area contributed by atoms with E-state index < -0.39 is 23.9 Å². The van der Waals surface area contributed by atoms with Crippen LogP contribution in [0, 0.1) is 5.92 Å². The molecule has 0 aromatic carbocycles. The molecule has 2 aromatic heterocycles. The standard InChI is InChI=1S/C13H21N5O4/c1-7(4-19)13(2,21)9(20)12(22-3)18-6-17-8-10(14)15-5-16-11(8)18/h5-7,9,12,19-21H,4H2,1-3H3,(H2,14,15,16)/t7-,9-,12?,13?/m1/s1. The van der Waals surface area contributed by atoms with Crippen LogP contribution in [0.3, 0.4) is 0 Å². The number of aliphatic hydroxyl groups is 3. The molecule has 0 radical (unpaired) electrons. The number of hydrogen-bond donors (Lipinski definition) is 4. The summed E-state index contributed by atoms with van der Waals surface area (Å²) in [7, 11) is 1.39. The number of nitrogen functional groups attached to an aromatic ring is 1. The molecule has 0 saturated carbocycles. The summed E-state index contributed by atoms with van der Waals surface area (Å²) in [5, 5.41) is 30.3. The summed E-state index contributed by atoms with van der Waals surface area (Å²) in [5.41, 5.74) is 4.91. The van der Waals surface area contributed by atoms with E-state index in [0.29, 0.717) is 11.2 Å². The van der Waals surface area contributed by atoms with Crippen molar-refractivity contribution in [1.29, 1.82) is 0 Å². The minimum absolute atomic E-state index is 0.212. The zero-order valence-corrected chi connectivity index (χ0v) is 12.7. The number of aliphatic hydroxyl groups excluding tert-OH is 2. The highest BCUT2D eigenvalue weighted by atomic mass is 16.5. The first-order valence-corrected chi connectivity index (χ1v) is 6.81. The third-order valence-electron chi connectivity index (χ3n) is 4.04. The molecule has 5 N–H and O–H groups in total. The molecule has 0 aliphatic carbocycles. The fraction of sp³-hybridized carbons (Fsp3) is 0.615. The predicted octanol–water partition coefficient (Wildman–Crippen LogP) is -0.706. The Kier molecular flexibility index (Phi) is 4.61. The maximum absolute atomic E-state index is 10.5. The van der Waals surface area contributed by atoms with Crippen molar-refractivity contribution in [3.05, 3.63) is 12.7 Å². The van der Waals surface area contributed by atoms with Gasteiger partial charge in [-0.15, -0.1) is 0 Å². The maximum Gasteiger partial charge on any atom is 0.167 e. The summed E-state index contributed by atoms with van der Waals surface area (Å²) in [6.07, 6.45) is 0.410. The van der Waals surface area contributed by atoms with Gasteiger partial charge in [-0.3, -0.25) is 4.57 Å². The number of imidazole rings is 1. The Balaban J connectivity index is 2.44. The first kappa shape index (κ1) is 16.6. The Bertz CT molecular complexity index is 644. The summed E-state index contributed by atoms with van der Waals surface area (Å²) >= 11 is 0. The summed E-state index contributed by atoms with van der Waals surface area (Å²) in [4.78, 5) is 12.0. The molecule has 2 unspecified atom stereocenters. The lowest BCUT2D eigenvalue weighted by Crippen LogP contribution is -2.50. The van der Waals surface area contributed by atoms with E-state index >= 15 is 0 Å². The largest absolute Gasteiger partial charge is 0.396 e. The van der Waals surface area contributed by atoms with E-state index in [1.54, 1.807) is 6.92 Å². The van der Waals surface area contributed by atoms with Crippen molar-refractivity contribution in [1.82, 2.24) is 19.5 Å². The van der Waals surface area contributed by atoms with E-state index in [1.807, 2.05) is 0 Å². The average molecular weight is 311 g/mol. The molecule has 2 heterocycles. The van der Waals surface area contributed by atoms with Crippen molar-refractivity contribution < 1.29 is 20.1 Å². The highest BCUT2D eigenvalue weighted by Crippen LogP contribution is 2.30. The topological polar surface area (TPSA) is 140 Å². The SMILES string of the molecule is COC([C@@H](O)C(C)(O)[C@H](C)CO)n1cnc2c(N)ncnc21. The van der Waals surface area contributed by atoms with Gasteiger partial charge in [0.2, 0.25) is 0 Å². The van der Waals surface area contributed by atoms with E-state index in [4.69, 9.17) is 10.5 Å². The molecule has 9 heteroatoms. The van der Waals surface area contributed by atoms with Gasteiger partial charge in [0.15, 0.2) is 17.7 Å². The van der Waals surface area contributed by atoms with Crippen molar-refractivity contribution in [3.8, 4) is 0 Å². The van der Waals surface area contributed by atoms with Crippen molar-refractivity contribution in [3.63, 3.8) is 0 Å². The Labute approximate surface area is 127 Å². The summed E-state index contributed by atoms with van der Waals surface area (Å²) < 4.78 is 6.78. The number of hydrogen-bond acceptors (Lipinski definition) is 8. The monoisotopic (exact) mass is 311 g/mol. The van der Waals surface area contributed by atoms with Crippen molar-refractivity contribution in [2.45, 2.75) is 31.8 Å². The molecule has 0 aliphatic heterocycles. The average Bonchev–Trinajstić information content (AvgIpc) is 2.92. The number of ether oxygens (including phenoxy) is 1. The second-order valence-electron chi connectivity index (χ2n) is 5.46. The molecule has 0 fully saturated rings. The van der Waals surface area contributed by atoms with Gasteiger partial charge in [0, 0.05) is 19.6 Å². The number of aromatic nitrogens is 4. The van der Waals surface area contributed by atoms with E-state index in [-0.39, 0.29) is 12.4 Å². The maximum atomic E-state index is 10.5. The lowest BCUT2D eigenvalue weighted by molar-refractivity contribution is -0.174. The third-order valence-corrected chi connectivity index (χ3v) is 4.04. The van der Waals surface area contributed by atoms with Crippen molar-refractivity contribution >= 4 is 17.0 Å². The summed E-state index contributed by atoms with van der Waals surface area (Å²) in [5.74, 6) is -0.349. The molecule has 4 atom stereocenters. The van der Waals surface area contributed by atoms with Gasteiger partial charge in [-0.25, -0.2) is 15.0 Å². The second-order valence-corrected chi connectivity index (χ2v) is 5.46. The number of methoxy groups -OCH3 is 1. The molecule has 0 amide bonds. The van der Waals surface area contributed by atoms with Crippen LogP contribution in [0.25, 0.3) is 11.2 Å². The molecule has 0 saturated heterocycles. The summed E-state index contributed by atoms with van der Waals surface area (Å²) in [6.45, 7) is 2.79. The van der Waals surface area contributed by atoms with E-state index in [9.17, 15) is 15.3 Å². The molecule has 0 bridgehead atoms. The third kappa shape index (κ3) is 2.63. The van der Waals surface area contributed by atoms with Gasteiger partial charge >= 0.3 is 0 Å². The quantitative estimate of drug-likeness (QED) is 0.549. The van der Waals surface area contributed by atoms with Crippen molar-refractivity contribution in [2.24, 2.45) is 5.92 Å². The van der Waals surface area contributed by atoms with E-state index in [1.165, 1.54) is 31.3 Å². The van der Waals surface area contributed by atoms with Gasteiger partial charge in [-0.1, -0.05) is 6.92 Å². The molecule has 22 heavy (non-hydrogen) atoms. The van der Waals surface area contributed by atoms with Crippen molar-refractivity contribution in [2.75, 3.05) is 19.5 Å². The van der Waals surface area contributed by atoms with Gasteiger partial charge in [0.05, 0.1) is 11.9 Å². The van der Waals surface area contributed by atoms with Crippen LogP contribution in [-0.2, 0) is 4.74 Å². The van der Waals surface area contributed by atoms with Crippen LogP contribution in [0.5, 0.6) is 0 Å². The normalized spacial score (nSPS) is 18.8. The lowest BCUT2D eigenvalue weighted by atomic mass is 9.85. The molecule has 0 aliphatic rings. The molecule has 9 nitrogen and oxygen atoms in total. The first-order valence-electron chi connectivity index (χ1n) is 6.81. The van der Waals surface area contributed by atoms with Gasteiger partial charge in [-0.2, -0.15) is 0 Å².